The molecule has 0 fully saturated rings. The van der Waals surface area contributed by atoms with Gasteiger partial charge in [-0.15, -0.1) is 0 Å². The van der Waals surface area contributed by atoms with Crippen LogP contribution in [0.4, 0.5) is 4.39 Å². The van der Waals surface area contributed by atoms with Gasteiger partial charge in [0.25, 0.3) is 5.91 Å². The molecule has 4 aromatic rings. The molecule has 2 heterocycles. The topological polar surface area (TPSA) is 93.0 Å². The Morgan fingerprint density at radius 1 is 1.25 bits per heavy atom. The molecular weight excluding hydrogens is 363 g/mol. The number of oxazole rings is 1. The summed E-state index contributed by atoms with van der Waals surface area (Å²) in [4.78, 5) is 23.9. The van der Waals surface area contributed by atoms with Crippen LogP contribution in [0.3, 0.4) is 0 Å². The van der Waals surface area contributed by atoms with Gasteiger partial charge < -0.3 is 19.5 Å². The highest BCUT2D eigenvalue weighted by atomic mass is 19.1. The highest BCUT2D eigenvalue weighted by molar-refractivity contribution is 5.91. The number of aromatic amines is 1. The average Bonchev–Trinajstić information content (AvgIpc) is 3.31. The van der Waals surface area contributed by atoms with Crippen molar-refractivity contribution in [3.63, 3.8) is 0 Å². The number of imidazole rings is 1. The first-order chi connectivity index (χ1) is 13.6. The molecule has 0 atom stereocenters. The Labute approximate surface area is 159 Å². The predicted molar refractivity (Wildman–Crippen MR) is 99.2 cm³/mol. The minimum atomic E-state index is -0.397. The number of fused-ring (bicyclic) bond motifs is 1. The normalized spacial score (nSPS) is 10.9. The molecule has 7 nitrogen and oxygen atoms in total. The van der Waals surface area contributed by atoms with Gasteiger partial charge in [-0.25, -0.2) is 14.4 Å². The van der Waals surface area contributed by atoms with E-state index in [9.17, 15) is 9.18 Å². The number of benzene rings is 2. The number of nitrogens with one attached hydrogen (secondary N) is 2. The van der Waals surface area contributed by atoms with E-state index in [1.165, 1.54) is 18.4 Å². The summed E-state index contributed by atoms with van der Waals surface area (Å²) in [6.45, 7) is 2.22. The number of ether oxygens (including phenoxy) is 1. The van der Waals surface area contributed by atoms with Crippen molar-refractivity contribution in [2.75, 3.05) is 0 Å². The second-order valence-corrected chi connectivity index (χ2v) is 6.26. The largest absolute Gasteiger partial charge is 0.484 e. The molecule has 4 rings (SSSR count). The van der Waals surface area contributed by atoms with E-state index in [4.69, 9.17) is 9.15 Å². The van der Waals surface area contributed by atoms with E-state index in [0.717, 1.165) is 16.6 Å². The van der Waals surface area contributed by atoms with Gasteiger partial charge in [0, 0.05) is 6.07 Å². The van der Waals surface area contributed by atoms with Crippen molar-refractivity contribution < 1.29 is 18.3 Å². The van der Waals surface area contributed by atoms with Crippen molar-refractivity contribution in [1.29, 1.82) is 0 Å². The fraction of sp³-hybridized carbons (Fsp3) is 0.150. The molecule has 0 saturated heterocycles. The fourth-order valence-electron chi connectivity index (χ4n) is 2.70. The number of nitrogens with zero attached hydrogens (tertiary/aromatic N) is 2. The molecule has 0 aliphatic rings. The Morgan fingerprint density at radius 2 is 2.14 bits per heavy atom. The molecular formula is C20H17FN4O3. The van der Waals surface area contributed by atoms with E-state index in [-0.39, 0.29) is 24.7 Å². The monoisotopic (exact) mass is 380 g/mol. The molecule has 0 aliphatic heterocycles. The lowest BCUT2D eigenvalue weighted by Gasteiger charge is -2.02. The summed E-state index contributed by atoms with van der Waals surface area (Å²) in [5.74, 6) is 0.424. The van der Waals surface area contributed by atoms with E-state index in [0.29, 0.717) is 11.6 Å². The zero-order valence-electron chi connectivity index (χ0n) is 15.0. The van der Waals surface area contributed by atoms with E-state index >= 15 is 0 Å². The second kappa shape index (κ2) is 7.51. The number of hydrogen-bond acceptors (Lipinski definition) is 5. The van der Waals surface area contributed by atoms with Crippen molar-refractivity contribution in [3.05, 3.63) is 77.5 Å². The van der Waals surface area contributed by atoms with E-state index in [1.807, 2.05) is 25.1 Å². The molecule has 28 heavy (non-hydrogen) atoms. The van der Waals surface area contributed by atoms with Crippen LogP contribution in [0.5, 0.6) is 5.75 Å². The minimum Gasteiger partial charge on any atom is -0.484 e. The third-order valence-electron chi connectivity index (χ3n) is 4.05. The molecule has 0 unspecified atom stereocenters. The van der Waals surface area contributed by atoms with Gasteiger partial charge in [-0.1, -0.05) is 12.1 Å². The molecule has 0 spiro atoms. The quantitative estimate of drug-likeness (QED) is 0.534. The third kappa shape index (κ3) is 4.01. The number of aromatic nitrogens is 3. The van der Waals surface area contributed by atoms with Crippen LogP contribution >= 0.6 is 0 Å². The smallest absolute Gasteiger partial charge is 0.273 e. The molecule has 0 aliphatic carbocycles. The maximum atomic E-state index is 13.1. The Bertz CT molecular complexity index is 1140. The highest BCUT2D eigenvalue weighted by Crippen LogP contribution is 2.15. The second-order valence-electron chi connectivity index (χ2n) is 6.26. The third-order valence-corrected chi connectivity index (χ3v) is 4.05. The number of carbonyl (C=O) groups is 1. The van der Waals surface area contributed by atoms with Gasteiger partial charge in [0.05, 0.1) is 17.6 Å². The van der Waals surface area contributed by atoms with E-state index in [1.54, 1.807) is 12.1 Å². The first-order valence-electron chi connectivity index (χ1n) is 8.63. The molecule has 0 saturated carbocycles. The Kier molecular flexibility index (Phi) is 4.76. The molecule has 2 aromatic heterocycles. The number of hydrogen-bond donors (Lipinski definition) is 2. The Morgan fingerprint density at radius 3 is 3.00 bits per heavy atom. The summed E-state index contributed by atoms with van der Waals surface area (Å²) in [6.07, 6.45) is 1.25. The van der Waals surface area contributed by atoms with Gasteiger partial charge in [0.1, 0.15) is 23.7 Å². The molecule has 0 radical (unpaired) electrons. The van der Waals surface area contributed by atoms with Gasteiger partial charge in [-0.3, -0.25) is 4.79 Å². The first kappa shape index (κ1) is 17.7. The van der Waals surface area contributed by atoms with E-state index in [2.05, 4.69) is 20.3 Å². The SMILES string of the molecule is Cc1ccc2nc(CNC(=O)c3coc(COc4cccc(F)c4)n3)[nH]c2c1. The number of halogens is 1. The lowest BCUT2D eigenvalue weighted by molar-refractivity contribution is 0.0945. The van der Waals surface area contributed by atoms with Gasteiger partial charge in [0.2, 0.25) is 5.89 Å². The van der Waals surface area contributed by atoms with Gasteiger partial charge in [0.15, 0.2) is 12.3 Å². The molecule has 1 amide bonds. The fourth-order valence-corrected chi connectivity index (χ4v) is 2.70. The van der Waals surface area contributed by atoms with Crippen LogP contribution in [0.1, 0.15) is 27.8 Å². The number of carbonyl (C=O) groups excluding carboxylic acids is 1. The molecule has 0 bridgehead atoms. The predicted octanol–water partition coefficient (Wildman–Crippen LogP) is 3.51. The van der Waals surface area contributed by atoms with Crippen LogP contribution in [0.15, 0.2) is 53.1 Å². The van der Waals surface area contributed by atoms with Crippen LogP contribution in [0.2, 0.25) is 0 Å². The van der Waals surface area contributed by atoms with Crippen LogP contribution in [0.25, 0.3) is 11.0 Å². The van der Waals surface area contributed by atoms with Crippen LogP contribution < -0.4 is 10.1 Å². The highest BCUT2D eigenvalue weighted by Gasteiger charge is 2.13. The van der Waals surface area contributed by atoms with Crippen molar-refractivity contribution in [3.8, 4) is 5.75 Å². The zero-order valence-corrected chi connectivity index (χ0v) is 15.0. The molecule has 8 heteroatoms. The summed E-state index contributed by atoms with van der Waals surface area (Å²) >= 11 is 0. The van der Waals surface area contributed by atoms with Crippen LogP contribution in [0, 0.1) is 12.7 Å². The molecule has 2 aromatic carbocycles. The molecule has 2 N–H and O–H groups in total. The van der Waals surface area contributed by atoms with Gasteiger partial charge in [-0.05, 0) is 36.8 Å². The minimum absolute atomic E-state index is 0.0142. The standard InChI is InChI=1S/C20H17FN4O3/c1-12-5-6-15-16(7-12)24-18(23-15)9-22-20(26)17-10-28-19(25-17)11-27-14-4-2-3-13(21)8-14/h2-8,10H,9,11H2,1H3,(H,22,26)(H,23,24). The van der Waals surface area contributed by atoms with Crippen LogP contribution in [-0.4, -0.2) is 20.9 Å². The number of aryl methyl sites for hydroxylation is 1. The Balaban J connectivity index is 1.34. The summed E-state index contributed by atoms with van der Waals surface area (Å²) in [5.41, 5.74) is 3.02. The van der Waals surface area contributed by atoms with Gasteiger partial charge in [-0.2, -0.15) is 0 Å². The number of H-pyrrole nitrogens is 1. The van der Waals surface area contributed by atoms with Crippen molar-refractivity contribution in [2.24, 2.45) is 0 Å². The molecule has 142 valence electrons. The van der Waals surface area contributed by atoms with Crippen molar-refractivity contribution in [1.82, 2.24) is 20.3 Å². The first-order valence-corrected chi connectivity index (χ1v) is 8.63. The summed E-state index contributed by atoms with van der Waals surface area (Å²) in [5, 5.41) is 2.74. The number of amides is 1. The average molecular weight is 380 g/mol. The summed E-state index contributed by atoms with van der Waals surface area (Å²) < 4.78 is 23.8. The van der Waals surface area contributed by atoms with Crippen molar-refractivity contribution in [2.45, 2.75) is 20.1 Å². The lowest BCUT2D eigenvalue weighted by atomic mass is 10.2. The Hall–Kier alpha value is -3.68. The zero-order chi connectivity index (χ0) is 19.5. The maximum Gasteiger partial charge on any atom is 0.273 e. The number of rotatable bonds is 6. The summed E-state index contributed by atoms with van der Waals surface area (Å²) in [7, 11) is 0. The maximum absolute atomic E-state index is 13.1. The van der Waals surface area contributed by atoms with Crippen LogP contribution in [-0.2, 0) is 13.2 Å². The van der Waals surface area contributed by atoms with Gasteiger partial charge >= 0.3 is 0 Å². The van der Waals surface area contributed by atoms with E-state index < -0.39 is 11.7 Å². The lowest BCUT2D eigenvalue weighted by Crippen LogP contribution is -2.23. The summed E-state index contributed by atoms with van der Waals surface area (Å²) in [6, 6.07) is 11.6. The van der Waals surface area contributed by atoms with Crippen molar-refractivity contribution >= 4 is 16.9 Å².